The molecule has 0 unspecified atom stereocenters. The van der Waals surface area contributed by atoms with Crippen molar-refractivity contribution in [1.29, 1.82) is 0 Å². The molecule has 23 rings (SSSR count). The van der Waals surface area contributed by atoms with E-state index in [0.29, 0.717) is 0 Å². The van der Waals surface area contributed by atoms with E-state index in [2.05, 4.69) is 463 Å². The van der Waals surface area contributed by atoms with Crippen LogP contribution in [0.5, 0.6) is 0 Å². The predicted molar refractivity (Wildman–Crippen MR) is 512 cm³/mol. The van der Waals surface area contributed by atoms with Crippen molar-refractivity contribution in [2.75, 3.05) is 14.7 Å². The van der Waals surface area contributed by atoms with Gasteiger partial charge in [-0.1, -0.05) is 274 Å². The second-order valence-electron chi connectivity index (χ2n) is 30.4. The summed E-state index contributed by atoms with van der Waals surface area (Å²) in [4.78, 5) is 7.08. The largest absolute Gasteiger partial charge is 0.454 e. The maximum absolute atomic E-state index is 6.58. The Morgan fingerprint density at radius 1 is 0.299 bits per heavy atom. The number of fused-ring (bicyclic) bond motifs is 17. The molecule has 0 N–H and O–H groups in total. The highest BCUT2D eigenvalue weighted by Gasteiger charge is 2.41. The van der Waals surface area contributed by atoms with Crippen molar-refractivity contribution in [3.05, 3.63) is 419 Å². The Kier molecular flexibility index (Phi) is 18.4. The molecular formula is C107H71Br3N4OS2. The molecule has 0 radical (unpaired) electrons. The van der Waals surface area contributed by atoms with Crippen LogP contribution in [0.4, 0.5) is 51.2 Å². The van der Waals surface area contributed by atoms with Gasteiger partial charge in [-0.2, -0.15) is 0 Å². The molecule has 4 aromatic heterocycles. The molecule has 10 heteroatoms. The Labute approximate surface area is 710 Å². The van der Waals surface area contributed by atoms with Gasteiger partial charge in [0, 0.05) is 127 Å². The second-order valence-corrected chi connectivity index (χ2v) is 35.3. The number of furan rings is 1. The van der Waals surface area contributed by atoms with Crippen LogP contribution in [0.25, 0.3) is 133 Å². The number of hydrogen-bond donors (Lipinski definition) is 0. The molecule has 0 spiro atoms. The van der Waals surface area contributed by atoms with Crippen molar-refractivity contribution in [3.8, 4) is 27.9 Å². The average Bonchev–Trinajstić information content (AvgIpc) is 1.54. The highest BCUT2D eigenvalue weighted by molar-refractivity contribution is 9.11. The van der Waals surface area contributed by atoms with Crippen LogP contribution >= 0.6 is 70.5 Å². The molecule has 0 atom stereocenters. The summed E-state index contributed by atoms with van der Waals surface area (Å²) in [6.45, 7) is 4.71. The van der Waals surface area contributed by atoms with Gasteiger partial charge in [0.05, 0.1) is 16.9 Å². The molecule has 117 heavy (non-hydrogen) atoms. The highest BCUT2D eigenvalue weighted by Crippen LogP contribution is 2.58. The highest BCUT2D eigenvalue weighted by atomic mass is 79.9. The van der Waals surface area contributed by atoms with Crippen LogP contribution in [0.1, 0.15) is 25.0 Å². The van der Waals surface area contributed by atoms with Gasteiger partial charge >= 0.3 is 0 Å². The molecule has 0 aliphatic heterocycles. The summed E-state index contributed by atoms with van der Waals surface area (Å²) in [6, 6.07) is 140. The number of hydrogen-bond acceptors (Lipinski definition) is 6. The third-order valence-corrected chi connectivity index (χ3v) is 26.7. The summed E-state index contributed by atoms with van der Waals surface area (Å²) in [6.07, 6.45) is 2.15. The fourth-order valence-corrected chi connectivity index (χ4v) is 21.2. The number of nitrogens with zero attached hydrogens (tertiary/aromatic N) is 4. The molecular weight excluding hydrogens is 1660 g/mol. The average molecular weight is 1730 g/mol. The minimum Gasteiger partial charge on any atom is -0.454 e. The third kappa shape index (κ3) is 13.1. The summed E-state index contributed by atoms with van der Waals surface area (Å²) in [5, 5.41) is 16.2. The first-order chi connectivity index (χ1) is 57.5. The van der Waals surface area contributed by atoms with E-state index in [9.17, 15) is 0 Å². The summed E-state index contributed by atoms with van der Waals surface area (Å²) in [5.74, 6) is 0. The van der Waals surface area contributed by atoms with E-state index in [1.165, 1.54) is 123 Å². The maximum Gasteiger partial charge on any atom is 0.159 e. The van der Waals surface area contributed by atoms with Crippen LogP contribution in [0.15, 0.2) is 412 Å². The lowest BCUT2D eigenvalue weighted by Gasteiger charge is -2.32. The number of thiophene rings is 2. The Balaban J connectivity index is 0.000000110. The normalized spacial score (nSPS) is 12.2. The van der Waals surface area contributed by atoms with E-state index in [-0.39, 0.29) is 5.41 Å². The van der Waals surface area contributed by atoms with Gasteiger partial charge in [0.25, 0.3) is 0 Å². The molecule has 0 saturated heterocycles. The molecule has 18 aromatic carbocycles. The lowest BCUT2D eigenvalue weighted by Crippen LogP contribution is -2.20. The van der Waals surface area contributed by atoms with Gasteiger partial charge in [0.15, 0.2) is 5.58 Å². The number of benzene rings is 18. The van der Waals surface area contributed by atoms with Gasteiger partial charge in [0.2, 0.25) is 0 Å². The Hall–Kier alpha value is -12.6. The van der Waals surface area contributed by atoms with Crippen LogP contribution < -0.4 is 14.7 Å². The SMILES string of the molecule is Brc1ccc2c(c1)sc1ccc(N(c3ccccc3)c3ccc4c(ccn4-c4ccccc4)c3)cc12.Brc1ccc2cc(-c3ccc4c(c3)sc3cc(N(c5ccccc5)c5ccc6ccccc6c5)ccc34)ccc2c1.CC1(C)c2ccc3ccccc3c2-c2cc(Br)cc(N(c3ccccc3)c3cccc4c3oc3ccccc34)c21. The summed E-state index contributed by atoms with van der Waals surface area (Å²) in [7, 11) is 0. The van der Waals surface area contributed by atoms with Gasteiger partial charge in [-0.3, -0.25) is 0 Å². The lowest BCUT2D eigenvalue weighted by atomic mass is 9.81. The molecule has 1 aliphatic rings. The van der Waals surface area contributed by atoms with Crippen LogP contribution in [0, 0.1) is 0 Å². The number of rotatable bonds is 11. The Morgan fingerprint density at radius 3 is 1.58 bits per heavy atom. The second kappa shape index (κ2) is 29.9. The summed E-state index contributed by atoms with van der Waals surface area (Å²) in [5.41, 5.74) is 21.9. The van der Waals surface area contributed by atoms with Crippen molar-refractivity contribution in [2.24, 2.45) is 0 Å². The first-order valence-corrected chi connectivity index (χ1v) is 43.2. The lowest BCUT2D eigenvalue weighted by molar-refractivity contribution is 0.659. The van der Waals surface area contributed by atoms with Gasteiger partial charge < -0.3 is 23.7 Å². The molecule has 558 valence electrons. The van der Waals surface area contributed by atoms with Crippen molar-refractivity contribution in [3.63, 3.8) is 0 Å². The first-order valence-electron chi connectivity index (χ1n) is 39.2. The van der Waals surface area contributed by atoms with E-state index in [0.717, 1.165) is 86.5 Å². The third-order valence-electron chi connectivity index (χ3n) is 23.0. The zero-order valence-corrected chi connectivity index (χ0v) is 70.1. The number of halogens is 3. The zero-order chi connectivity index (χ0) is 78.4. The first kappa shape index (κ1) is 72.1. The fourth-order valence-electron chi connectivity index (χ4n) is 17.5. The molecule has 0 fully saturated rings. The molecule has 0 saturated carbocycles. The number of para-hydroxylation sites is 6. The summed E-state index contributed by atoms with van der Waals surface area (Å²) < 4.78 is 17.3. The van der Waals surface area contributed by atoms with Gasteiger partial charge in [-0.15, -0.1) is 22.7 Å². The standard InChI is InChI=1S/C38H24BrNS.C37H26BrNO.C32H21BrN2S/c39-31-15-12-28-20-27(10-11-29(28)21-31)30-14-18-35-36-19-17-34(24-38(36)41-37(35)23-30)40(32-8-2-1-3-9-32)33-16-13-25-6-4-5-7-26(25)22-33;1-37(2)30-20-19-23-11-6-7-14-26(23)34(30)29-21-24(38)22-32(35(29)37)39(25-12-4-3-5-13-25)31-17-10-16-28-27-15-8-9-18-33(27)40-36(28)31;33-23-11-14-28-29-21-27(13-16-31(29)36-32(28)20-23)35(25-9-5-2-6-10-25)26-12-15-30-22(19-26)17-18-34(30)24-7-3-1-4-8-24/h1-24H;3-22H,1-2H3;1-21H. The quantitative estimate of drug-likeness (QED) is 0.129. The topological polar surface area (TPSA) is 27.8 Å². The van der Waals surface area contributed by atoms with Crippen molar-refractivity contribution < 1.29 is 4.42 Å². The molecule has 0 amide bonds. The van der Waals surface area contributed by atoms with Gasteiger partial charge in [-0.25, -0.2) is 0 Å². The van der Waals surface area contributed by atoms with Crippen LogP contribution in [-0.4, -0.2) is 4.57 Å². The smallest absolute Gasteiger partial charge is 0.159 e. The van der Waals surface area contributed by atoms with Crippen LogP contribution in [0.2, 0.25) is 0 Å². The minimum absolute atomic E-state index is 0.209. The number of aromatic nitrogens is 1. The molecule has 5 nitrogen and oxygen atoms in total. The van der Waals surface area contributed by atoms with E-state index < -0.39 is 0 Å². The number of anilines is 9. The minimum atomic E-state index is -0.209. The zero-order valence-electron chi connectivity index (χ0n) is 63.7. The predicted octanol–water partition coefficient (Wildman–Crippen LogP) is 33.8. The van der Waals surface area contributed by atoms with Gasteiger partial charge in [0.1, 0.15) is 5.58 Å². The molecule has 22 aromatic rings. The van der Waals surface area contributed by atoms with E-state index in [4.69, 9.17) is 4.42 Å². The van der Waals surface area contributed by atoms with E-state index >= 15 is 0 Å². The van der Waals surface area contributed by atoms with Crippen molar-refractivity contribution >= 4 is 227 Å². The molecule has 1 aliphatic carbocycles. The van der Waals surface area contributed by atoms with Crippen molar-refractivity contribution in [1.82, 2.24) is 4.57 Å². The Bertz CT molecular complexity index is 7620. The maximum atomic E-state index is 6.58. The molecule has 4 heterocycles. The van der Waals surface area contributed by atoms with E-state index in [1.54, 1.807) is 0 Å². The van der Waals surface area contributed by atoms with E-state index in [1.807, 2.05) is 34.8 Å². The van der Waals surface area contributed by atoms with Crippen LogP contribution in [0.3, 0.4) is 0 Å². The van der Waals surface area contributed by atoms with Crippen molar-refractivity contribution in [2.45, 2.75) is 19.3 Å². The van der Waals surface area contributed by atoms with Crippen LogP contribution in [-0.2, 0) is 5.41 Å². The molecule has 0 bridgehead atoms. The summed E-state index contributed by atoms with van der Waals surface area (Å²) >= 11 is 14.8. The Morgan fingerprint density at radius 2 is 0.812 bits per heavy atom. The fraction of sp³-hybridized carbons (Fsp3) is 0.0280. The van der Waals surface area contributed by atoms with Gasteiger partial charge in [-0.05, 0) is 242 Å². The monoisotopic (exact) mass is 1730 g/mol.